The van der Waals surface area contributed by atoms with Crippen LogP contribution in [0.5, 0.6) is 0 Å². The minimum Gasteiger partial charge on any atom is -0.342 e. The number of piperidine rings is 3. The Morgan fingerprint density at radius 3 is 2.80 bits per heavy atom. The summed E-state index contributed by atoms with van der Waals surface area (Å²) in [6, 6.07) is 7.14. The summed E-state index contributed by atoms with van der Waals surface area (Å²) in [5.41, 5.74) is -0.349. The number of nitrogens with one attached hydrogen (secondary N) is 1. The summed E-state index contributed by atoms with van der Waals surface area (Å²) in [5, 5.41) is 0.444. The van der Waals surface area contributed by atoms with Gasteiger partial charge in [-0.25, -0.2) is 4.79 Å². The number of rotatable bonds is 3. The standard InChI is InChI=1S/C22H26N4O4/c27-19(8-9-25-21(29)16-4-1-2-5-17(16)23-22(25)30)24-11-14-10-15(13-24)18-6-3-7-20(28)26(18)12-14/h1-2,4-5,14-15,18H,3,6-13H2,(H,23,30). The van der Waals surface area contributed by atoms with E-state index >= 15 is 0 Å². The molecule has 8 heteroatoms. The number of benzene rings is 1. The average molecular weight is 410 g/mol. The highest BCUT2D eigenvalue weighted by molar-refractivity contribution is 5.79. The van der Waals surface area contributed by atoms with Crippen LogP contribution in [0, 0.1) is 11.8 Å². The van der Waals surface area contributed by atoms with E-state index in [2.05, 4.69) is 9.88 Å². The molecule has 1 N–H and O–H groups in total. The number of nitrogens with zero attached hydrogens (tertiary/aromatic N) is 3. The molecule has 8 nitrogen and oxygen atoms in total. The van der Waals surface area contributed by atoms with Crippen LogP contribution in [0.3, 0.4) is 0 Å². The summed E-state index contributed by atoms with van der Waals surface area (Å²) in [6.07, 6.45) is 3.79. The van der Waals surface area contributed by atoms with Gasteiger partial charge in [-0.15, -0.1) is 0 Å². The van der Waals surface area contributed by atoms with Crippen molar-refractivity contribution in [2.24, 2.45) is 11.8 Å². The Morgan fingerprint density at radius 2 is 1.93 bits per heavy atom. The van der Waals surface area contributed by atoms with E-state index in [0.717, 1.165) is 30.4 Å². The highest BCUT2D eigenvalue weighted by Crippen LogP contribution is 2.38. The molecule has 1 aromatic carbocycles. The van der Waals surface area contributed by atoms with Crippen LogP contribution in [-0.2, 0) is 16.1 Å². The van der Waals surface area contributed by atoms with Crippen molar-refractivity contribution in [3.05, 3.63) is 45.1 Å². The smallest absolute Gasteiger partial charge is 0.328 e. The molecule has 0 radical (unpaired) electrons. The van der Waals surface area contributed by atoms with Crippen LogP contribution in [-0.4, -0.2) is 56.8 Å². The molecule has 0 aliphatic carbocycles. The van der Waals surface area contributed by atoms with E-state index in [1.807, 2.05) is 4.90 Å². The number of likely N-dealkylation sites (tertiary alicyclic amines) is 1. The van der Waals surface area contributed by atoms with Crippen molar-refractivity contribution < 1.29 is 9.59 Å². The Balaban J connectivity index is 1.29. The largest absolute Gasteiger partial charge is 0.342 e. The summed E-state index contributed by atoms with van der Waals surface area (Å²) in [5.74, 6) is 0.880. The van der Waals surface area contributed by atoms with Crippen molar-refractivity contribution in [3.8, 4) is 0 Å². The molecular weight excluding hydrogens is 384 g/mol. The third-order valence-electron chi connectivity index (χ3n) is 6.97. The van der Waals surface area contributed by atoms with Gasteiger partial charge in [-0.1, -0.05) is 12.1 Å². The number of aromatic nitrogens is 2. The van der Waals surface area contributed by atoms with Gasteiger partial charge in [0.2, 0.25) is 11.8 Å². The number of fused-ring (bicyclic) bond motifs is 5. The molecule has 4 heterocycles. The predicted molar refractivity (Wildman–Crippen MR) is 111 cm³/mol. The molecule has 30 heavy (non-hydrogen) atoms. The third-order valence-corrected chi connectivity index (χ3v) is 6.97. The number of hydrogen-bond donors (Lipinski definition) is 1. The highest BCUT2D eigenvalue weighted by atomic mass is 16.2. The molecule has 3 atom stereocenters. The molecule has 3 aliphatic rings. The van der Waals surface area contributed by atoms with E-state index in [1.54, 1.807) is 24.3 Å². The van der Waals surface area contributed by atoms with E-state index in [9.17, 15) is 19.2 Å². The van der Waals surface area contributed by atoms with Crippen LogP contribution in [0.4, 0.5) is 0 Å². The molecule has 0 spiro atoms. The van der Waals surface area contributed by atoms with E-state index < -0.39 is 5.69 Å². The Bertz CT molecular complexity index is 1120. The first-order valence-electron chi connectivity index (χ1n) is 10.8. The molecule has 5 rings (SSSR count). The van der Waals surface area contributed by atoms with Crippen molar-refractivity contribution in [3.63, 3.8) is 0 Å². The zero-order chi connectivity index (χ0) is 20.8. The van der Waals surface area contributed by atoms with E-state index in [0.29, 0.717) is 42.2 Å². The molecule has 158 valence electrons. The summed E-state index contributed by atoms with van der Waals surface area (Å²) in [7, 11) is 0. The zero-order valence-corrected chi connectivity index (χ0v) is 16.9. The fourth-order valence-corrected chi connectivity index (χ4v) is 5.58. The van der Waals surface area contributed by atoms with E-state index in [-0.39, 0.29) is 36.4 Å². The lowest BCUT2D eigenvalue weighted by Crippen LogP contribution is -2.61. The fourth-order valence-electron chi connectivity index (χ4n) is 5.58. The van der Waals surface area contributed by atoms with Crippen LogP contribution in [0.1, 0.15) is 32.1 Å². The first kappa shape index (κ1) is 19.1. The Labute approximate surface area is 173 Å². The number of hydrogen-bond acceptors (Lipinski definition) is 4. The van der Waals surface area contributed by atoms with Crippen molar-refractivity contribution in [1.82, 2.24) is 19.4 Å². The number of H-pyrrole nitrogens is 1. The minimum absolute atomic E-state index is 0.0280. The molecule has 2 aromatic rings. The maximum Gasteiger partial charge on any atom is 0.328 e. The van der Waals surface area contributed by atoms with E-state index in [4.69, 9.17) is 0 Å². The van der Waals surface area contributed by atoms with E-state index in [1.165, 1.54) is 0 Å². The Morgan fingerprint density at radius 1 is 1.10 bits per heavy atom. The zero-order valence-electron chi connectivity index (χ0n) is 16.9. The summed E-state index contributed by atoms with van der Waals surface area (Å²) >= 11 is 0. The quantitative estimate of drug-likeness (QED) is 0.815. The predicted octanol–water partition coefficient (Wildman–Crippen LogP) is 0.939. The van der Waals surface area contributed by atoms with Crippen molar-refractivity contribution in [1.29, 1.82) is 0 Å². The highest BCUT2D eigenvalue weighted by Gasteiger charge is 2.44. The van der Waals surface area contributed by atoms with Crippen LogP contribution >= 0.6 is 0 Å². The van der Waals surface area contributed by atoms with Crippen molar-refractivity contribution in [2.75, 3.05) is 19.6 Å². The van der Waals surface area contributed by atoms with Gasteiger partial charge in [0.15, 0.2) is 0 Å². The molecular formula is C22H26N4O4. The van der Waals surface area contributed by atoms with Crippen LogP contribution < -0.4 is 11.2 Å². The lowest BCUT2D eigenvalue weighted by molar-refractivity contribution is -0.148. The monoisotopic (exact) mass is 410 g/mol. The topological polar surface area (TPSA) is 95.5 Å². The van der Waals surface area contributed by atoms with Crippen molar-refractivity contribution >= 4 is 22.7 Å². The Kier molecular flexibility index (Phi) is 4.72. The molecule has 2 bridgehead atoms. The first-order valence-corrected chi connectivity index (χ1v) is 10.8. The number of aromatic amines is 1. The number of carbonyl (C=O) groups excluding carboxylic acids is 2. The van der Waals surface area contributed by atoms with Gasteiger partial charge in [0, 0.05) is 45.1 Å². The lowest BCUT2D eigenvalue weighted by Gasteiger charge is -2.52. The second-order valence-corrected chi connectivity index (χ2v) is 8.85. The molecule has 2 amide bonds. The maximum atomic E-state index is 12.9. The molecule has 3 aliphatic heterocycles. The molecule has 0 saturated carbocycles. The second-order valence-electron chi connectivity index (χ2n) is 8.85. The molecule has 3 fully saturated rings. The fraction of sp³-hybridized carbons (Fsp3) is 0.545. The van der Waals surface area contributed by atoms with Crippen molar-refractivity contribution in [2.45, 2.75) is 44.7 Å². The number of carbonyl (C=O) groups is 2. The van der Waals surface area contributed by atoms with Gasteiger partial charge >= 0.3 is 5.69 Å². The first-order chi connectivity index (χ1) is 14.5. The van der Waals surface area contributed by atoms with Gasteiger partial charge in [0.25, 0.3) is 5.56 Å². The van der Waals surface area contributed by atoms with Gasteiger partial charge in [0.1, 0.15) is 0 Å². The van der Waals surface area contributed by atoms with Gasteiger partial charge < -0.3 is 14.8 Å². The van der Waals surface area contributed by atoms with Gasteiger partial charge in [-0.2, -0.15) is 0 Å². The van der Waals surface area contributed by atoms with Gasteiger partial charge in [-0.3, -0.25) is 19.0 Å². The molecule has 3 unspecified atom stereocenters. The third kappa shape index (κ3) is 3.24. The van der Waals surface area contributed by atoms with Gasteiger partial charge in [0.05, 0.1) is 10.9 Å². The van der Waals surface area contributed by atoms with Gasteiger partial charge in [-0.05, 0) is 43.2 Å². The number of amides is 2. The second kappa shape index (κ2) is 7.41. The maximum absolute atomic E-state index is 12.9. The van der Waals surface area contributed by atoms with Crippen LogP contribution in [0.2, 0.25) is 0 Å². The van der Waals surface area contributed by atoms with Crippen LogP contribution in [0.25, 0.3) is 10.9 Å². The summed E-state index contributed by atoms with van der Waals surface area (Å²) in [4.78, 5) is 56.9. The summed E-state index contributed by atoms with van der Waals surface area (Å²) in [6.45, 7) is 2.12. The molecule has 3 saturated heterocycles. The van der Waals surface area contributed by atoms with Crippen LogP contribution in [0.15, 0.2) is 33.9 Å². The SMILES string of the molecule is O=C(CCn1c(=O)[nH]c2ccccc2c1=O)N1CC2CC(C1)C1CCCC(=O)N1C2. The normalized spacial score (nSPS) is 26.0. The number of para-hydroxylation sites is 1. The summed E-state index contributed by atoms with van der Waals surface area (Å²) < 4.78 is 1.12. The average Bonchev–Trinajstić information content (AvgIpc) is 2.74. The Hall–Kier alpha value is -2.90. The lowest BCUT2D eigenvalue weighted by atomic mass is 9.76. The molecule has 1 aromatic heterocycles. The minimum atomic E-state index is -0.488.